The predicted octanol–water partition coefficient (Wildman–Crippen LogP) is 0.968. The molecule has 18 heavy (non-hydrogen) atoms. The van der Waals surface area contributed by atoms with E-state index in [1.165, 1.54) is 18.5 Å². The van der Waals surface area contributed by atoms with Crippen LogP contribution in [0.2, 0.25) is 0 Å². The number of hydrogen-bond donors (Lipinski definition) is 1. The summed E-state index contributed by atoms with van der Waals surface area (Å²) in [6, 6.07) is 4.25. The lowest BCUT2D eigenvalue weighted by Crippen LogP contribution is -2.35. The van der Waals surface area contributed by atoms with Crippen molar-refractivity contribution < 1.29 is 5.11 Å². The van der Waals surface area contributed by atoms with Crippen molar-refractivity contribution in [3.8, 4) is 6.07 Å². The lowest BCUT2D eigenvalue weighted by Gasteiger charge is -2.32. The summed E-state index contributed by atoms with van der Waals surface area (Å²) < 4.78 is 1.90. The van der Waals surface area contributed by atoms with Crippen molar-refractivity contribution >= 4 is 0 Å². The average Bonchev–Trinajstić information content (AvgIpc) is 2.85. The molecule has 1 atom stereocenters. The Hall–Kier alpha value is -1.38. The Morgan fingerprint density at radius 1 is 1.50 bits per heavy atom. The summed E-state index contributed by atoms with van der Waals surface area (Å²) >= 11 is 0. The molecule has 1 aliphatic heterocycles. The largest absolute Gasteiger partial charge is 0.394 e. The third-order valence-corrected chi connectivity index (χ3v) is 3.52. The van der Waals surface area contributed by atoms with Crippen LogP contribution in [0.5, 0.6) is 0 Å². The molecule has 5 nitrogen and oxygen atoms in total. The number of aliphatic hydroxyl groups is 1. The van der Waals surface area contributed by atoms with Gasteiger partial charge in [0, 0.05) is 37.3 Å². The fourth-order valence-electron chi connectivity index (χ4n) is 2.68. The SMILES string of the molecule is N#CCCN1CCCC(c2ccnn2CCO)C1. The summed E-state index contributed by atoms with van der Waals surface area (Å²) in [7, 11) is 0. The molecule has 0 amide bonds. The Bertz CT molecular complexity index is 409. The fraction of sp³-hybridized carbons (Fsp3) is 0.692. The quantitative estimate of drug-likeness (QED) is 0.843. The van der Waals surface area contributed by atoms with Gasteiger partial charge in [0.05, 0.1) is 19.2 Å². The van der Waals surface area contributed by atoms with Crippen LogP contribution in [0.25, 0.3) is 0 Å². The standard InChI is InChI=1S/C13H20N4O/c14-5-2-8-16-7-1-3-12(11-16)13-4-6-15-17(13)9-10-18/h4,6,12,18H,1-3,7-11H2. The fourth-order valence-corrected chi connectivity index (χ4v) is 2.68. The van der Waals surface area contributed by atoms with Crippen LogP contribution in [0.3, 0.4) is 0 Å². The van der Waals surface area contributed by atoms with Crippen molar-refractivity contribution in [2.75, 3.05) is 26.2 Å². The minimum Gasteiger partial charge on any atom is -0.394 e. The molecule has 0 bridgehead atoms. The highest BCUT2D eigenvalue weighted by Crippen LogP contribution is 2.26. The number of nitrogens with zero attached hydrogens (tertiary/aromatic N) is 4. The predicted molar refractivity (Wildman–Crippen MR) is 68.0 cm³/mol. The highest BCUT2D eigenvalue weighted by molar-refractivity contribution is 5.10. The zero-order valence-electron chi connectivity index (χ0n) is 10.6. The van der Waals surface area contributed by atoms with Gasteiger partial charge in [0.25, 0.3) is 0 Å². The van der Waals surface area contributed by atoms with Crippen molar-refractivity contribution in [3.05, 3.63) is 18.0 Å². The highest BCUT2D eigenvalue weighted by Gasteiger charge is 2.23. The molecule has 2 rings (SSSR count). The zero-order chi connectivity index (χ0) is 12.8. The van der Waals surface area contributed by atoms with Crippen molar-refractivity contribution in [2.24, 2.45) is 0 Å². The Morgan fingerprint density at radius 2 is 2.39 bits per heavy atom. The van der Waals surface area contributed by atoms with Crippen LogP contribution >= 0.6 is 0 Å². The minimum absolute atomic E-state index is 0.125. The first-order valence-electron chi connectivity index (χ1n) is 6.57. The van der Waals surface area contributed by atoms with Gasteiger partial charge in [0.1, 0.15) is 0 Å². The molecule has 1 aliphatic rings. The molecule has 5 heteroatoms. The summed E-state index contributed by atoms with van der Waals surface area (Å²) in [4.78, 5) is 2.35. The molecule has 1 unspecified atom stereocenters. The first kappa shape index (κ1) is 13.1. The van der Waals surface area contributed by atoms with E-state index in [1.54, 1.807) is 6.20 Å². The maximum absolute atomic E-state index is 9.02. The molecule has 0 radical (unpaired) electrons. The van der Waals surface area contributed by atoms with E-state index in [0.29, 0.717) is 18.9 Å². The first-order chi connectivity index (χ1) is 8.85. The summed E-state index contributed by atoms with van der Waals surface area (Å²) in [6.07, 6.45) is 4.74. The monoisotopic (exact) mass is 248 g/mol. The highest BCUT2D eigenvalue weighted by atomic mass is 16.3. The molecular formula is C13H20N4O. The number of rotatable bonds is 5. The third-order valence-electron chi connectivity index (χ3n) is 3.52. The van der Waals surface area contributed by atoms with Crippen molar-refractivity contribution in [3.63, 3.8) is 0 Å². The molecule has 0 spiro atoms. The van der Waals surface area contributed by atoms with Gasteiger partial charge in [-0.25, -0.2) is 0 Å². The maximum Gasteiger partial charge on any atom is 0.0644 e. The van der Waals surface area contributed by atoms with Crippen LogP contribution in [0, 0.1) is 11.3 Å². The Kier molecular flexibility index (Phi) is 4.73. The van der Waals surface area contributed by atoms with E-state index >= 15 is 0 Å². The number of hydrogen-bond acceptors (Lipinski definition) is 4. The van der Waals surface area contributed by atoms with Crippen LogP contribution in [-0.4, -0.2) is 46.0 Å². The van der Waals surface area contributed by atoms with E-state index in [4.69, 9.17) is 10.4 Å². The maximum atomic E-state index is 9.02. The van der Waals surface area contributed by atoms with E-state index < -0.39 is 0 Å². The second-order valence-corrected chi connectivity index (χ2v) is 4.75. The van der Waals surface area contributed by atoms with Crippen molar-refractivity contribution in [2.45, 2.75) is 31.7 Å². The van der Waals surface area contributed by atoms with E-state index in [2.05, 4.69) is 16.1 Å². The number of piperidine rings is 1. The first-order valence-corrected chi connectivity index (χ1v) is 6.57. The lowest BCUT2D eigenvalue weighted by molar-refractivity contribution is 0.204. The van der Waals surface area contributed by atoms with E-state index in [9.17, 15) is 0 Å². The van der Waals surface area contributed by atoms with Gasteiger partial charge >= 0.3 is 0 Å². The van der Waals surface area contributed by atoms with Crippen molar-refractivity contribution in [1.82, 2.24) is 14.7 Å². The number of aliphatic hydroxyl groups excluding tert-OH is 1. The zero-order valence-corrected chi connectivity index (χ0v) is 10.6. The summed E-state index contributed by atoms with van der Waals surface area (Å²) in [5.41, 5.74) is 1.21. The summed E-state index contributed by atoms with van der Waals surface area (Å²) in [5.74, 6) is 0.478. The smallest absolute Gasteiger partial charge is 0.0644 e. The third kappa shape index (κ3) is 3.09. The second-order valence-electron chi connectivity index (χ2n) is 4.75. The Morgan fingerprint density at radius 3 is 3.17 bits per heavy atom. The van der Waals surface area contributed by atoms with Gasteiger partial charge in [0.2, 0.25) is 0 Å². The topological polar surface area (TPSA) is 65.1 Å². The summed E-state index contributed by atoms with van der Waals surface area (Å²) in [6.45, 7) is 3.64. The summed E-state index contributed by atoms with van der Waals surface area (Å²) in [5, 5.41) is 21.9. The van der Waals surface area contributed by atoms with Gasteiger partial charge in [0.15, 0.2) is 0 Å². The van der Waals surface area contributed by atoms with E-state index in [-0.39, 0.29) is 6.61 Å². The molecule has 0 saturated carbocycles. The molecule has 1 saturated heterocycles. The molecule has 0 aliphatic carbocycles. The lowest BCUT2D eigenvalue weighted by atomic mass is 9.94. The Balaban J connectivity index is 1.99. The van der Waals surface area contributed by atoms with Gasteiger partial charge in [-0.05, 0) is 25.5 Å². The normalized spacial score (nSPS) is 20.8. The van der Waals surface area contributed by atoms with Gasteiger partial charge < -0.3 is 10.0 Å². The number of nitriles is 1. The van der Waals surface area contributed by atoms with Gasteiger partial charge in [-0.1, -0.05) is 0 Å². The molecule has 1 fully saturated rings. The molecule has 2 heterocycles. The molecule has 1 aromatic heterocycles. The second kappa shape index (κ2) is 6.53. The average molecular weight is 248 g/mol. The molecule has 1 N–H and O–H groups in total. The molecule has 1 aromatic rings. The van der Waals surface area contributed by atoms with Crippen LogP contribution < -0.4 is 0 Å². The number of likely N-dealkylation sites (tertiary alicyclic amines) is 1. The van der Waals surface area contributed by atoms with Gasteiger partial charge in [-0.15, -0.1) is 0 Å². The van der Waals surface area contributed by atoms with E-state index in [0.717, 1.165) is 19.6 Å². The Labute approximate surface area is 108 Å². The molecule has 0 aromatic carbocycles. The molecular weight excluding hydrogens is 228 g/mol. The number of aromatic nitrogens is 2. The van der Waals surface area contributed by atoms with Crippen LogP contribution in [0.1, 0.15) is 30.9 Å². The molecule has 98 valence electrons. The van der Waals surface area contributed by atoms with Crippen molar-refractivity contribution in [1.29, 1.82) is 5.26 Å². The van der Waals surface area contributed by atoms with Crippen LogP contribution in [0.4, 0.5) is 0 Å². The van der Waals surface area contributed by atoms with E-state index in [1.807, 2.05) is 10.7 Å². The van der Waals surface area contributed by atoms with Gasteiger partial charge in [-0.2, -0.15) is 10.4 Å². The minimum atomic E-state index is 0.125. The van der Waals surface area contributed by atoms with Gasteiger partial charge in [-0.3, -0.25) is 4.68 Å². The van der Waals surface area contributed by atoms with Crippen LogP contribution in [-0.2, 0) is 6.54 Å². The van der Waals surface area contributed by atoms with Crippen LogP contribution in [0.15, 0.2) is 12.3 Å².